The molecule has 0 heterocycles. The van der Waals surface area contributed by atoms with E-state index in [4.69, 9.17) is 5.11 Å². The number of carboxylic acid groups (broad SMARTS) is 1. The highest BCUT2D eigenvalue weighted by molar-refractivity contribution is 7.91. The Bertz CT molecular complexity index is 636. The van der Waals surface area contributed by atoms with Gasteiger partial charge in [0.25, 0.3) is 0 Å². The number of carbonyl (C=O) groups excluding carboxylic acids is 1. The van der Waals surface area contributed by atoms with Crippen molar-refractivity contribution in [2.24, 2.45) is 0 Å². The summed E-state index contributed by atoms with van der Waals surface area (Å²) in [4.78, 5) is 24.2. The number of carboxylic acids is 1. The number of aliphatic carboxylic acids is 1. The molecule has 6 nitrogen and oxygen atoms in total. The predicted octanol–water partition coefficient (Wildman–Crippen LogP) is 1.34. The van der Waals surface area contributed by atoms with Crippen LogP contribution >= 0.6 is 0 Å². The van der Waals surface area contributed by atoms with E-state index in [1.54, 1.807) is 19.1 Å². The summed E-state index contributed by atoms with van der Waals surface area (Å²) in [5, 5.41) is 8.87. The Labute approximate surface area is 130 Å². The first kappa shape index (κ1) is 18.2. The van der Waals surface area contributed by atoms with E-state index in [-0.39, 0.29) is 23.0 Å². The molecule has 1 aromatic carbocycles. The second kappa shape index (κ2) is 7.40. The molecule has 1 amide bonds. The van der Waals surface area contributed by atoms with Gasteiger partial charge in [-0.3, -0.25) is 4.79 Å². The number of rotatable bonds is 7. The molecule has 1 N–H and O–H groups in total. The molecule has 122 valence electrons. The summed E-state index contributed by atoms with van der Waals surface area (Å²) < 4.78 is 23.4. The molecule has 0 aliphatic heterocycles. The number of sulfone groups is 1. The Morgan fingerprint density at radius 1 is 1.23 bits per heavy atom. The van der Waals surface area contributed by atoms with Gasteiger partial charge in [0.05, 0.1) is 10.6 Å². The van der Waals surface area contributed by atoms with E-state index < -0.39 is 21.8 Å². The van der Waals surface area contributed by atoms with E-state index in [1.807, 2.05) is 0 Å². The zero-order valence-corrected chi connectivity index (χ0v) is 13.8. The summed E-state index contributed by atoms with van der Waals surface area (Å²) >= 11 is 0. The predicted molar refractivity (Wildman–Crippen MR) is 82.4 cm³/mol. The summed E-state index contributed by atoms with van der Waals surface area (Å²) in [5.74, 6) is -1.27. The molecule has 0 spiro atoms. The number of hydrogen-bond donors (Lipinski definition) is 1. The summed E-state index contributed by atoms with van der Waals surface area (Å²) in [7, 11) is -1.76. The fraction of sp³-hybridized carbons (Fsp3) is 0.467. The third-order valence-corrected chi connectivity index (χ3v) is 5.37. The maximum atomic E-state index is 11.9. The van der Waals surface area contributed by atoms with Crippen molar-refractivity contribution >= 4 is 21.7 Å². The number of likely N-dealkylation sites (N-methyl/N-ethyl adjacent to an activating group) is 1. The molecule has 0 saturated heterocycles. The van der Waals surface area contributed by atoms with Crippen LogP contribution < -0.4 is 0 Å². The molecule has 1 rings (SSSR count). The Hall–Kier alpha value is -1.89. The van der Waals surface area contributed by atoms with Gasteiger partial charge in [-0.15, -0.1) is 0 Å². The summed E-state index contributed by atoms with van der Waals surface area (Å²) in [6.07, 6.45) is 0.607. The minimum atomic E-state index is -3.22. The molecule has 0 saturated carbocycles. The van der Waals surface area contributed by atoms with Crippen LogP contribution in [0.1, 0.15) is 25.8 Å². The number of benzene rings is 1. The second-order valence-electron chi connectivity index (χ2n) is 5.07. The molecule has 1 aromatic rings. The van der Waals surface area contributed by atoms with Crippen LogP contribution in [-0.2, 0) is 25.8 Å². The van der Waals surface area contributed by atoms with Gasteiger partial charge in [0.15, 0.2) is 9.84 Å². The van der Waals surface area contributed by atoms with Crippen molar-refractivity contribution in [3.63, 3.8) is 0 Å². The van der Waals surface area contributed by atoms with E-state index in [2.05, 4.69) is 0 Å². The van der Waals surface area contributed by atoms with Crippen molar-refractivity contribution in [3.8, 4) is 0 Å². The van der Waals surface area contributed by atoms with Crippen molar-refractivity contribution in [2.45, 2.75) is 37.6 Å². The lowest BCUT2D eigenvalue weighted by Gasteiger charge is -2.21. The zero-order valence-electron chi connectivity index (χ0n) is 12.9. The number of aryl methyl sites for hydroxylation is 1. The molecule has 0 bridgehead atoms. The van der Waals surface area contributed by atoms with Crippen LogP contribution in [0.15, 0.2) is 29.2 Å². The Kier molecular flexibility index (Phi) is 6.11. The van der Waals surface area contributed by atoms with Crippen LogP contribution in [0.3, 0.4) is 0 Å². The number of nitrogens with zero attached hydrogens (tertiary/aromatic N) is 1. The molecule has 0 aliphatic rings. The van der Waals surface area contributed by atoms with E-state index in [9.17, 15) is 18.0 Å². The standard InChI is InChI=1S/C15H21NO5S/c1-4-22(20,21)13-8-5-12(6-9-13)7-10-14(17)16(3)11(2)15(18)19/h5-6,8-9,11H,4,7,10H2,1-3H3,(H,18,19). The summed E-state index contributed by atoms with van der Waals surface area (Å²) in [5.41, 5.74) is 0.833. The minimum Gasteiger partial charge on any atom is -0.480 e. The van der Waals surface area contributed by atoms with Gasteiger partial charge < -0.3 is 10.0 Å². The fourth-order valence-corrected chi connectivity index (χ4v) is 2.72. The zero-order chi connectivity index (χ0) is 16.9. The highest BCUT2D eigenvalue weighted by Gasteiger charge is 2.21. The first-order valence-corrected chi connectivity index (χ1v) is 8.64. The summed E-state index contributed by atoms with van der Waals surface area (Å²) in [6, 6.07) is 5.54. The lowest BCUT2D eigenvalue weighted by molar-refractivity contribution is -0.148. The maximum Gasteiger partial charge on any atom is 0.326 e. The van der Waals surface area contributed by atoms with Crippen LogP contribution in [0.4, 0.5) is 0 Å². The van der Waals surface area contributed by atoms with Crippen LogP contribution in [-0.4, -0.2) is 49.1 Å². The van der Waals surface area contributed by atoms with Crippen molar-refractivity contribution in [3.05, 3.63) is 29.8 Å². The average Bonchev–Trinajstić information content (AvgIpc) is 2.51. The molecular weight excluding hydrogens is 306 g/mol. The molecule has 0 aromatic heterocycles. The van der Waals surface area contributed by atoms with Crippen LogP contribution in [0, 0.1) is 0 Å². The fourth-order valence-electron chi connectivity index (χ4n) is 1.84. The van der Waals surface area contributed by atoms with Gasteiger partial charge in [0, 0.05) is 13.5 Å². The van der Waals surface area contributed by atoms with Crippen molar-refractivity contribution in [2.75, 3.05) is 12.8 Å². The number of amides is 1. The summed E-state index contributed by atoms with van der Waals surface area (Å²) in [6.45, 7) is 3.03. The van der Waals surface area contributed by atoms with Crippen LogP contribution in [0.2, 0.25) is 0 Å². The van der Waals surface area contributed by atoms with Crippen molar-refractivity contribution < 1.29 is 23.1 Å². The molecule has 0 fully saturated rings. The van der Waals surface area contributed by atoms with Crippen LogP contribution in [0.5, 0.6) is 0 Å². The third kappa shape index (κ3) is 4.56. The highest BCUT2D eigenvalue weighted by atomic mass is 32.2. The molecule has 1 unspecified atom stereocenters. The van der Waals surface area contributed by atoms with Gasteiger partial charge in [0.2, 0.25) is 5.91 Å². The molecule has 1 atom stereocenters. The smallest absolute Gasteiger partial charge is 0.326 e. The van der Waals surface area contributed by atoms with E-state index in [0.717, 1.165) is 5.56 Å². The SMILES string of the molecule is CCS(=O)(=O)c1ccc(CCC(=O)N(C)C(C)C(=O)O)cc1. The first-order chi connectivity index (χ1) is 10.2. The number of carbonyl (C=O) groups is 2. The Morgan fingerprint density at radius 3 is 2.23 bits per heavy atom. The Balaban J connectivity index is 2.66. The quantitative estimate of drug-likeness (QED) is 0.816. The van der Waals surface area contributed by atoms with Gasteiger partial charge in [-0.05, 0) is 31.0 Å². The molecule has 0 radical (unpaired) electrons. The van der Waals surface area contributed by atoms with E-state index in [0.29, 0.717) is 6.42 Å². The molecule has 7 heteroatoms. The van der Waals surface area contributed by atoms with Gasteiger partial charge in [0.1, 0.15) is 6.04 Å². The normalized spacial score (nSPS) is 12.7. The van der Waals surface area contributed by atoms with E-state index >= 15 is 0 Å². The molecular formula is C15H21NO5S. The topological polar surface area (TPSA) is 91.8 Å². The largest absolute Gasteiger partial charge is 0.480 e. The van der Waals surface area contributed by atoms with Gasteiger partial charge in [-0.25, -0.2) is 13.2 Å². The highest BCUT2D eigenvalue weighted by Crippen LogP contribution is 2.14. The van der Waals surface area contributed by atoms with Crippen LogP contribution in [0.25, 0.3) is 0 Å². The second-order valence-corrected chi connectivity index (χ2v) is 7.34. The molecule has 0 aliphatic carbocycles. The lowest BCUT2D eigenvalue weighted by atomic mass is 10.1. The van der Waals surface area contributed by atoms with Gasteiger partial charge >= 0.3 is 5.97 Å². The van der Waals surface area contributed by atoms with E-state index in [1.165, 1.54) is 31.0 Å². The van der Waals surface area contributed by atoms with Crippen molar-refractivity contribution in [1.82, 2.24) is 4.90 Å². The average molecular weight is 327 g/mol. The van der Waals surface area contributed by atoms with Crippen molar-refractivity contribution in [1.29, 1.82) is 0 Å². The maximum absolute atomic E-state index is 11.9. The monoisotopic (exact) mass is 327 g/mol. The third-order valence-electron chi connectivity index (χ3n) is 3.62. The molecule has 22 heavy (non-hydrogen) atoms. The Morgan fingerprint density at radius 2 is 1.77 bits per heavy atom. The first-order valence-electron chi connectivity index (χ1n) is 6.99. The van der Waals surface area contributed by atoms with Gasteiger partial charge in [-0.2, -0.15) is 0 Å². The van der Waals surface area contributed by atoms with Gasteiger partial charge in [-0.1, -0.05) is 19.1 Å². The number of hydrogen-bond acceptors (Lipinski definition) is 4. The minimum absolute atomic E-state index is 0.0443. The lowest BCUT2D eigenvalue weighted by Crippen LogP contribution is -2.40.